The van der Waals surface area contributed by atoms with Crippen LogP contribution in [0.15, 0.2) is 24.3 Å². The smallest absolute Gasteiger partial charge is 0.312 e. The number of nitrogens with one attached hydrogen (secondary N) is 2. The number of hydrogen-bond acceptors (Lipinski definition) is 2. The van der Waals surface area contributed by atoms with E-state index in [9.17, 15) is 13.2 Å². The molecule has 0 unspecified atom stereocenters. The van der Waals surface area contributed by atoms with Gasteiger partial charge in [-0.25, -0.2) is 0 Å². The van der Waals surface area contributed by atoms with Crippen molar-refractivity contribution < 1.29 is 13.2 Å². The molecule has 0 aliphatic heterocycles. The second-order valence-electron chi connectivity index (χ2n) is 2.29. The van der Waals surface area contributed by atoms with E-state index in [1.54, 1.807) is 0 Å². The summed E-state index contributed by atoms with van der Waals surface area (Å²) in [6.07, 6.45) is -4.28. The Morgan fingerprint density at radius 1 is 1.08 bits per heavy atom. The number of halogens is 4. The van der Waals surface area contributed by atoms with Gasteiger partial charge in [-0.1, -0.05) is 0 Å². The normalized spacial score (nSPS) is 11.4. The third-order valence-corrected chi connectivity index (χ3v) is 1.60. The van der Waals surface area contributed by atoms with Crippen LogP contribution in [0.25, 0.3) is 0 Å². The van der Waals surface area contributed by atoms with Crippen molar-refractivity contribution in [1.29, 1.82) is 0 Å². The van der Waals surface area contributed by atoms with Crippen molar-refractivity contribution >= 4 is 21.8 Å². The van der Waals surface area contributed by atoms with Crippen molar-refractivity contribution in [2.24, 2.45) is 0 Å². The van der Waals surface area contributed by atoms with Crippen LogP contribution in [0.5, 0.6) is 0 Å². The molecule has 0 bridgehead atoms. The summed E-state index contributed by atoms with van der Waals surface area (Å²) in [7, 11) is 0. The van der Waals surface area contributed by atoms with Gasteiger partial charge in [-0.15, -0.1) is 0 Å². The van der Waals surface area contributed by atoms with Gasteiger partial charge in [-0.3, -0.25) is 0 Å². The summed E-state index contributed by atoms with van der Waals surface area (Å²) in [6, 6.07) is 4.67. The zero-order valence-corrected chi connectivity index (χ0v) is 7.91. The lowest BCUT2D eigenvalue weighted by Crippen LogP contribution is -2.09. The Balaban J connectivity index is 2.81. The highest BCUT2D eigenvalue weighted by molar-refractivity contribution is 9.08. The van der Waals surface area contributed by atoms with Gasteiger partial charge in [0.1, 0.15) is 0 Å². The van der Waals surface area contributed by atoms with Crippen molar-refractivity contribution in [2.45, 2.75) is 6.18 Å². The molecule has 0 saturated carbocycles. The number of anilines is 1. The molecule has 0 saturated heterocycles. The maximum absolute atomic E-state index is 12.1. The Morgan fingerprint density at radius 2 is 1.62 bits per heavy atom. The molecule has 0 fully saturated rings. The molecule has 0 aromatic heterocycles. The first-order valence-corrected chi connectivity index (χ1v) is 4.12. The molecular formula is C7H6BrF3N2. The molecule has 0 heterocycles. The molecule has 72 valence electrons. The van der Waals surface area contributed by atoms with Gasteiger partial charge in [0.15, 0.2) is 0 Å². The van der Waals surface area contributed by atoms with E-state index < -0.39 is 11.7 Å². The van der Waals surface area contributed by atoms with Crippen LogP contribution in [-0.2, 0) is 6.18 Å². The van der Waals surface area contributed by atoms with Gasteiger partial charge in [0.05, 0.1) is 5.56 Å². The van der Waals surface area contributed by atoms with E-state index in [0.717, 1.165) is 12.1 Å². The molecule has 0 aliphatic carbocycles. The van der Waals surface area contributed by atoms with Crippen molar-refractivity contribution in [3.05, 3.63) is 29.8 Å². The standard InChI is InChI=1S/C7H6BrF3N2/c8-13-12-6-3-1-5(2-4-6)7(9,10)11/h1-4,12-13H. The number of hydrazine groups is 1. The molecule has 1 aromatic rings. The van der Waals surface area contributed by atoms with Crippen molar-refractivity contribution in [3.8, 4) is 0 Å². The number of benzene rings is 1. The summed E-state index contributed by atoms with van der Waals surface area (Å²) in [5.74, 6) is 0. The monoisotopic (exact) mass is 254 g/mol. The van der Waals surface area contributed by atoms with Gasteiger partial charge in [0, 0.05) is 21.8 Å². The SMILES string of the molecule is FC(F)(F)c1ccc(NNBr)cc1. The average molecular weight is 255 g/mol. The summed E-state index contributed by atoms with van der Waals surface area (Å²) in [6.45, 7) is 0. The van der Waals surface area contributed by atoms with E-state index in [0.29, 0.717) is 5.69 Å². The van der Waals surface area contributed by atoms with Crippen molar-refractivity contribution in [3.63, 3.8) is 0 Å². The van der Waals surface area contributed by atoms with E-state index >= 15 is 0 Å². The molecule has 0 atom stereocenters. The molecule has 1 aromatic carbocycles. The minimum atomic E-state index is -4.28. The second kappa shape index (κ2) is 3.97. The van der Waals surface area contributed by atoms with E-state index in [1.807, 2.05) is 0 Å². The first-order valence-electron chi connectivity index (χ1n) is 3.33. The number of rotatable bonds is 2. The summed E-state index contributed by atoms with van der Waals surface area (Å²) in [4.78, 5) is 0. The Morgan fingerprint density at radius 3 is 2.00 bits per heavy atom. The molecule has 13 heavy (non-hydrogen) atoms. The van der Waals surface area contributed by atoms with E-state index in [-0.39, 0.29) is 0 Å². The fourth-order valence-electron chi connectivity index (χ4n) is 0.797. The maximum Gasteiger partial charge on any atom is 0.416 e. The lowest BCUT2D eigenvalue weighted by atomic mass is 10.2. The zero-order chi connectivity index (χ0) is 9.90. The minimum absolute atomic E-state index is 0.546. The topological polar surface area (TPSA) is 24.1 Å². The second-order valence-corrected chi connectivity index (χ2v) is 2.69. The van der Waals surface area contributed by atoms with Crippen LogP contribution in [0.2, 0.25) is 0 Å². The Bertz CT molecular complexity index is 270. The molecule has 0 radical (unpaired) electrons. The molecule has 1 rings (SSSR count). The van der Waals surface area contributed by atoms with E-state index in [4.69, 9.17) is 0 Å². The molecular weight excluding hydrogens is 249 g/mol. The predicted molar refractivity (Wildman–Crippen MR) is 47.1 cm³/mol. The van der Waals surface area contributed by atoms with Crippen molar-refractivity contribution in [2.75, 3.05) is 5.43 Å². The van der Waals surface area contributed by atoms with Crippen LogP contribution in [0.4, 0.5) is 18.9 Å². The van der Waals surface area contributed by atoms with Gasteiger partial charge < -0.3 is 5.43 Å². The van der Waals surface area contributed by atoms with E-state index in [2.05, 4.69) is 26.0 Å². The average Bonchev–Trinajstić information content (AvgIpc) is 2.04. The fourth-order valence-corrected chi connectivity index (χ4v) is 1.03. The zero-order valence-electron chi connectivity index (χ0n) is 6.32. The lowest BCUT2D eigenvalue weighted by molar-refractivity contribution is -0.137. The van der Waals surface area contributed by atoms with Crippen molar-refractivity contribution in [1.82, 2.24) is 4.45 Å². The molecule has 0 spiro atoms. The van der Waals surface area contributed by atoms with Crippen LogP contribution in [-0.4, -0.2) is 0 Å². The quantitative estimate of drug-likeness (QED) is 0.627. The van der Waals surface area contributed by atoms with Gasteiger partial charge in [-0.05, 0) is 24.3 Å². The Labute approximate surface area is 81.4 Å². The third kappa shape index (κ3) is 2.89. The molecule has 6 heteroatoms. The molecule has 0 aliphatic rings. The first-order chi connectivity index (χ1) is 6.04. The summed E-state index contributed by atoms with van der Waals surface area (Å²) in [5, 5.41) is 0. The highest BCUT2D eigenvalue weighted by Gasteiger charge is 2.29. The fraction of sp³-hybridized carbons (Fsp3) is 0.143. The predicted octanol–water partition coefficient (Wildman–Crippen LogP) is 2.93. The largest absolute Gasteiger partial charge is 0.416 e. The van der Waals surface area contributed by atoms with Crippen LogP contribution in [0.3, 0.4) is 0 Å². The van der Waals surface area contributed by atoms with Gasteiger partial charge in [0.2, 0.25) is 0 Å². The van der Waals surface area contributed by atoms with Crippen LogP contribution in [0.1, 0.15) is 5.56 Å². The number of hydrogen-bond donors (Lipinski definition) is 2. The first kappa shape index (κ1) is 10.3. The van der Waals surface area contributed by atoms with Crippen LogP contribution < -0.4 is 9.88 Å². The minimum Gasteiger partial charge on any atom is -0.312 e. The Kier molecular flexibility index (Phi) is 3.16. The third-order valence-electron chi connectivity index (χ3n) is 1.40. The van der Waals surface area contributed by atoms with Crippen LogP contribution >= 0.6 is 16.1 Å². The molecule has 0 amide bonds. The molecule has 2 nitrogen and oxygen atoms in total. The molecule has 2 N–H and O–H groups in total. The maximum atomic E-state index is 12.1. The lowest BCUT2D eigenvalue weighted by Gasteiger charge is -2.07. The highest BCUT2D eigenvalue weighted by Crippen LogP contribution is 2.29. The highest BCUT2D eigenvalue weighted by atomic mass is 79.9. The van der Waals surface area contributed by atoms with Gasteiger partial charge >= 0.3 is 6.18 Å². The van der Waals surface area contributed by atoms with Gasteiger partial charge in [-0.2, -0.15) is 17.6 Å². The summed E-state index contributed by atoms with van der Waals surface area (Å²) >= 11 is 2.86. The number of alkyl halides is 3. The van der Waals surface area contributed by atoms with E-state index in [1.165, 1.54) is 12.1 Å². The Hall–Kier alpha value is -0.750. The van der Waals surface area contributed by atoms with Crippen LogP contribution in [0, 0.1) is 0 Å². The summed E-state index contributed by atoms with van der Waals surface area (Å²) < 4.78 is 38.6. The summed E-state index contributed by atoms with van der Waals surface area (Å²) in [5.41, 5.74) is 2.47. The van der Waals surface area contributed by atoms with Gasteiger partial charge in [0.25, 0.3) is 0 Å².